The lowest BCUT2D eigenvalue weighted by molar-refractivity contribution is -0.122. The number of fused-ring (bicyclic) bond motifs is 2. The predicted octanol–water partition coefficient (Wildman–Crippen LogP) is 1.79. The molecule has 4 heteroatoms. The van der Waals surface area contributed by atoms with Gasteiger partial charge in [0, 0.05) is 18.3 Å². The first-order valence-electron chi connectivity index (χ1n) is 7.58. The third-order valence-corrected chi connectivity index (χ3v) is 5.04. The summed E-state index contributed by atoms with van der Waals surface area (Å²) in [5.74, 6) is 2.26. The average molecular weight is 274 g/mol. The third kappa shape index (κ3) is 2.65. The highest BCUT2D eigenvalue weighted by Gasteiger charge is 2.42. The van der Waals surface area contributed by atoms with E-state index in [1.165, 1.54) is 36.3 Å². The maximum atomic E-state index is 12.1. The minimum Gasteiger partial charge on any atom is -0.352 e. The van der Waals surface area contributed by atoms with Crippen LogP contribution >= 0.6 is 0 Å². The summed E-state index contributed by atoms with van der Waals surface area (Å²) in [6.45, 7) is 2.22. The Labute approximate surface area is 119 Å². The van der Waals surface area contributed by atoms with Crippen LogP contribution in [0.2, 0.25) is 0 Å². The molecule has 0 unspecified atom stereocenters. The Morgan fingerprint density at radius 2 is 2.25 bits per heavy atom. The van der Waals surface area contributed by atoms with Crippen molar-refractivity contribution in [2.24, 2.45) is 17.8 Å². The standard InChI is InChI=1S/C16H22N2O2/c1-11(14-9-12-5-6-13(14)8-12)17-15(19)10-18-7-3-2-4-16(18)20/h2-4,7,11-14H,5-6,8-10H2,1H3,(H,17,19)/t11-,12-,13-,14+/m0/s1. The highest BCUT2D eigenvalue weighted by molar-refractivity contribution is 5.76. The van der Waals surface area contributed by atoms with Gasteiger partial charge in [0.05, 0.1) is 0 Å². The first-order valence-corrected chi connectivity index (χ1v) is 7.58. The minimum absolute atomic E-state index is 0.0615. The van der Waals surface area contributed by atoms with Crippen molar-refractivity contribution in [3.05, 3.63) is 34.7 Å². The molecule has 1 amide bonds. The first kappa shape index (κ1) is 13.4. The predicted molar refractivity (Wildman–Crippen MR) is 77.2 cm³/mol. The van der Waals surface area contributed by atoms with Gasteiger partial charge in [-0.2, -0.15) is 0 Å². The largest absolute Gasteiger partial charge is 0.352 e. The van der Waals surface area contributed by atoms with E-state index in [2.05, 4.69) is 12.2 Å². The number of aromatic nitrogens is 1. The molecule has 2 saturated carbocycles. The molecule has 4 nitrogen and oxygen atoms in total. The number of carbonyl (C=O) groups excluding carboxylic acids is 1. The van der Waals surface area contributed by atoms with Gasteiger partial charge in [0.25, 0.3) is 5.56 Å². The van der Waals surface area contributed by atoms with Gasteiger partial charge in [-0.25, -0.2) is 0 Å². The van der Waals surface area contributed by atoms with Gasteiger partial charge in [-0.3, -0.25) is 9.59 Å². The van der Waals surface area contributed by atoms with E-state index in [1.807, 2.05) is 0 Å². The number of nitrogens with one attached hydrogen (secondary N) is 1. The zero-order valence-corrected chi connectivity index (χ0v) is 11.9. The molecule has 108 valence electrons. The summed E-state index contributed by atoms with van der Waals surface area (Å²) < 4.78 is 1.45. The number of rotatable bonds is 4. The summed E-state index contributed by atoms with van der Waals surface area (Å²) in [7, 11) is 0. The Kier molecular flexibility index (Phi) is 3.64. The van der Waals surface area contributed by atoms with Gasteiger partial charge < -0.3 is 9.88 Å². The van der Waals surface area contributed by atoms with Gasteiger partial charge in [0.15, 0.2) is 0 Å². The highest BCUT2D eigenvalue weighted by atomic mass is 16.2. The molecule has 2 aliphatic carbocycles. The second-order valence-electron chi connectivity index (χ2n) is 6.36. The van der Waals surface area contributed by atoms with E-state index in [1.54, 1.807) is 18.3 Å². The molecule has 3 rings (SSSR count). The molecule has 2 fully saturated rings. The molecule has 0 saturated heterocycles. The van der Waals surface area contributed by atoms with Gasteiger partial charge in [-0.05, 0) is 50.0 Å². The number of hydrogen-bond donors (Lipinski definition) is 1. The Bertz CT molecular complexity index is 551. The first-order chi connectivity index (χ1) is 9.63. The fourth-order valence-electron chi connectivity index (χ4n) is 4.06. The van der Waals surface area contributed by atoms with Crippen LogP contribution in [-0.2, 0) is 11.3 Å². The summed E-state index contributed by atoms with van der Waals surface area (Å²) in [5.41, 5.74) is -0.129. The van der Waals surface area contributed by atoms with Crippen molar-refractivity contribution >= 4 is 5.91 Å². The van der Waals surface area contributed by atoms with Crippen molar-refractivity contribution in [2.45, 2.75) is 45.2 Å². The maximum absolute atomic E-state index is 12.1. The number of pyridine rings is 1. The second kappa shape index (κ2) is 5.43. The van der Waals surface area contributed by atoms with Gasteiger partial charge in [0.2, 0.25) is 5.91 Å². The van der Waals surface area contributed by atoms with Crippen molar-refractivity contribution in [2.75, 3.05) is 0 Å². The van der Waals surface area contributed by atoms with Crippen LogP contribution in [0, 0.1) is 17.8 Å². The Morgan fingerprint density at radius 1 is 1.40 bits per heavy atom. The zero-order valence-electron chi connectivity index (χ0n) is 11.9. The maximum Gasteiger partial charge on any atom is 0.250 e. The fourth-order valence-corrected chi connectivity index (χ4v) is 4.06. The average Bonchev–Trinajstić information content (AvgIpc) is 3.03. The Hall–Kier alpha value is -1.58. The van der Waals surface area contributed by atoms with E-state index >= 15 is 0 Å². The molecule has 0 spiro atoms. The normalized spacial score (nSPS) is 29.4. The zero-order chi connectivity index (χ0) is 14.1. The molecule has 1 heterocycles. The van der Waals surface area contributed by atoms with Crippen LogP contribution in [0.4, 0.5) is 0 Å². The lowest BCUT2D eigenvalue weighted by Gasteiger charge is -2.28. The van der Waals surface area contributed by atoms with Crippen LogP contribution in [0.3, 0.4) is 0 Å². The summed E-state index contributed by atoms with van der Waals surface area (Å²) in [5, 5.41) is 3.08. The Morgan fingerprint density at radius 3 is 2.90 bits per heavy atom. The van der Waals surface area contributed by atoms with Gasteiger partial charge in [-0.15, -0.1) is 0 Å². The molecule has 1 aromatic rings. The van der Waals surface area contributed by atoms with Crippen molar-refractivity contribution in [1.29, 1.82) is 0 Å². The molecule has 0 radical (unpaired) electrons. The highest BCUT2D eigenvalue weighted by Crippen LogP contribution is 2.49. The van der Waals surface area contributed by atoms with Gasteiger partial charge in [0.1, 0.15) is 6.54 Å². The smallest absolute Gasteiger partial charge is 0.250 e. The monoisotopic (exact) mass is 274 g/mol. The van der Waals surface area contributed by atoms with Crippen LogP contribution in [0.15, 0.2) is 29.2 Å². The molecular weight excluding hydrogens is 252 g/mol. The van der Waals surface area contributed by atoms with E-state index in [0.717, 1.165) is 11.8 Å². The van der Waals surface area contributed by atoms with Crippen molar-refractivity contribution in [1.82, 2.24) is 9.88 Å². The van der Waals surface area contributed by atoms with E-state index in [4.69, 9.17) is 0 Å². The van der Waals surface area contributed by atoms with E-state index in [0.29, 0.717) is 5.92 Å². The van der Waals surface area contributed by atoms with E-state index < -0.39 is 0 Å². The molecule has 1 N–H and O–H groups in total. The molecule has 2 aliphatic rings. The van der Waals surface area contributed by atoms with E-state index in [9.17, 15) is 9.59 Å². The fraction of sp³-hybridized carbons (Fsp3) is 0.625. The van der Waals surface area contributed by atoms with Gasteiger partial charge >= 0.3 is 0 Å². The van der Waals surface area contributed by atoms with Crippen LogP contribution in [-0.4, -0.2) is 16.5 Å². The lowest BCUT2D eigenvalue weighted by atomic mass is 9.84. The summed E-state index contributed by atoms with van der Waals surface area (Å²) in [4.78, 5) is 23.7. The van der Waals surface area contributed by atoms with E-state index in [-0.39, 0.29) is 24.1 Å². The number of nitrogens with zero attached hydrogens (tertiary/aromatic N) is 1. The van der Waals surface area contributed by atoms with Gasteiger partial charge in [-0.1, -0.05) is 12.5 Å². The minimum atomic E-state index is -0.129. The van der Waals surface area contributed by atoms with Crippen molar-refractivity contribution < 1.29 is 4.79 Å². The quantitative estimate of drug-likeness (QED) is 0.910. The number of carbonyl (C=O) groups is 1. The van der Waals surface area contributed by atoms with Crippen LogP contribution in [0.5, 0.6) is 0 Å². The molecular formula is C16H22N2O2. The third-order valence-electron chi connectivity index (χ3n) is 5.04. The summed E-state index contributed by atoms with van der Waals surface area (Å²) in [6.07, 6.45) is 6.97. The van der Waals surface area contributed by atoms with Crippen molar-refractivity contribution in [3.8, 4) is 0 Å². The molecule has 0 aliphatic heterocycles. The van der Waals surface area contributed by atoms with Crippen LogP contribution in [0.1, 0.15) is 32.6 Å². The summed E-state index contributed by atoms with van der Waals surface area (Å²) in [6, 6.07) is 5.16. The SMILES string of the molecule is C[C@H](NC(=O)Cn1ccccc1=O)[C@H]1C[C@H]2CC[C@H]1C2. The molecule has 0 aromatic carbocycles. The Balaban J connectivity index is 1.56. The molecule has 4 atom stereocenters. The van der Waals surface area contributed by atoms with Crippen molar-refractivity contribution in [3.63, 3.8) is 0 Å². The van der Waals surface area contributed by atoms with Crippen LogP contribution in [0.25, 0.3) is 0 Å². The molecule has 2 bridgehead atoms. The number of amides is 1. The molecule has 20 heavy (non-hydrogen) atoms. The molecule has 1 aromatic heterocycles. The number of hydrogen-bond acceptors (Lipinski definition) is 2. The topological polar surface area (TPSA) is 51.1 Å². The second-order valence-corrected chi connectivity index (χ2v) is 6.36. The van der Waals surface area contributed by atoms with Crippen LogP contribution < -0.4 is 10.9 Å². The lowest BCUT2D eigenvalue weighted by Crippen LogP contribution is -2.42. The summed E-state index contributed by atoms with van der Waals surface area (Å²) >= 11 is 0.